The predicted molar refractivity (Wildman–Crippen MR) is 111 cm³/mol. The van der Waals surface area contributed by atoms with Crippen molar-refractivity contribution < 1.29 is 24.2 Å². The molecule has 1 fully saturated rings. The maximum Gasteiger partial charge on any atom is 0.332 e. The number of hydrogen-bond donors (Lipinski definition) is 1. The van der Waals surface area contributed by atoms with Crippen LogP contribution in [-0.4, -0.2) is 43.3 Å². The van der Waals surface area contributed by atoms with Crippen LogP contribution >= 0.6 is 0 Å². The molecule has 1 rings (SSSR count). The molecule has 0 amide bonds. The highest BCUT2D eigenvalue weighted by Crippen LogP contribution is 2.41. The van der Waals surface area contributed by atoms with Gasteiger partial charge in [-0.05, 0) is 43.9 Å². The van der Waals surface area contributed by atoms with Gasteiger partial charge in [0.25, 0.3) is 0 Å². The molecule has 1 N–H and O–H groups in total. The van der Waals surface area contributed by atoms with Crippen molar-refractivity contribution in [1.82, 2.24) is 0 Å². The van der Waals surface area contributed by atoms with Crippen molar-refractivity contribution in [3.63, 3.8) is 0 Å². The second-order valence-corrected chi connectivity index (χ2v) is 8.17. The number of unbranched alkanes of at least 4 members (excludes halogenated alkanes) is 3. The van der Waals surface area contributed by atoms with Gasteiger partial charge in [0.15, 0.2) is 0 Å². The minimum absolute atomic E-state index is 0.0259. The van der Waals surface area contributed by atoms with Crippen LogP contribution in [-0.2, 0) is 19.1 Å². The number of ketones is 1. The predicted octanol–water partition coefficient (Wildman–Crippen LogP) is 4.69. The molecule has 5 heteroatoms. The molecular weight excluding hydrogens is 356 g/mol. The Morgan fingerprint density at radius 3 is 2.61 bits per heavy atom. The average Bonchev–Trinajstić information content (AvgIpc) is 3.04. The van der Waals surface area contributed by atoms with E-state index in [1.54, 1.807) is 0 Å². The normalized spacial score (nSPS) is 20.5. The van der Waals surface area contributed by atoms with Gasteiger partial charge < -0.3 is 14.6 Å². The zero-order valence-corrected chi connectivity index (χ0v) is 18.1. The molecule has 1 unspecified atom stereocenters. The summed E-state index contributed by atoms with van der Waals surface area (Å²) in [5, 5.41) is 9.05. The van der Waals surface area contributed by atoms with Crippen LogP contribution in [0.1, 0.15) is 90.9 Å². The largest absolute Gasteiger partial charge is 0.464 e. The molecule has 0 aromatic rings. The van der Waals surface area contributed by atoms with Gasteiger partial charge in [0.05, 0.1) is 6.61 Å². The van der Waals surface area contributed by atoms with E-state index in [0.29, 0.717) is 30.8 Å². The fourth-order valence-corrected chi connectivity index (χ4v) is 4.43. The summed E-state index contributed by atoms with van der Waals surface area (Å²) in [6, 6.07) is 0. The van der Waals surface area contributed by atoms with Crippen LogP contribution in [0.5, 0.6) is 0 Å². The van der Waals surface area contributed by atoms with Crippen LogP contribution in [0.4, 0.5) is 0 Å². The number of esters is 1. The van der Waals surface area contributed by atoms with Crippen molar-refractivity contribution in [1.29, 1.82) is 0 Å². The lowest BCUT2D eigenvalue weighted by Gasteiger charge is -2.28. The summed E-state index contributed by atoms with van der Waals surface area (Å²) in [6.07, 6.45) is 11.8. The second-order valence-electron chi connectivity index (χ2n) is 8.17. The second kappa shape index (κ2) is 15.9. The van der Waals surface area contributed by atoms with Gasteiger partial charge in [-0.15, -0.1) is 0 Å². The smallest absolute Gasteiger partial charge is 0.332 e. The Kier molecular flexibility index (Phi) is 14.3. The fourth-order valence-electron chi connectivity index (χ4n) is 4.43. The summed E-state index contributed by atoms with van der Waals surface area (Å²) in [6.45, 7) is 5.58. The molecule has 0 aliphatic heterocycles. The minimum Gasteiger partial charge on any atom is -0.464 e. The summed E-state index contributed by atoms with van der Waals surface area (Å²) >= 11 is 0. The van der Waals surface area contributed by atoms with Crippen LogP contribution in [0, 0.1) is 17.8 Å². The number of hydrogen-bond acceptors (Lipinski definition) is 5. The molecule has 28 heavy (non-hydrogen) atoms. The van der Waals surface area contributed by atoms with Gasteiger partial charge in [-0.2, -0.15) is 0 Å². The van der Waals surface area contributed by atoms with E-state index in [-0.39, 0.29) is 25.1 Å². The first-order chi connectivity index (χ1) is 13.6. The summed E-state index contributed by atoms with van der Waals surface area (Å²) in [5.41, 5.74) is 0. The third-order valence-corrected chi connectivity index (χ3v) is 5.94. The molecule has 0 bridgehead atoms. The molecule has 0 aromatic heterocycles. The van der Waals surface area contributed by atoms with E-state index < -0.39 is 0 Å². The van der Waals surface area contributed by atoms with Gasteiger partial charge in [-0.1, -0.05) is 52.4 Å². The number of ether oxygens (including phenoxy) is 2. The van der Waals surface area contributed by atoms with Crippen LogP contribution < -0.4 is 0 Å². The Balaban J connectivity index is 2.28. The molecule has 1 saturated carbocycles. The Labute approximate surface area is 171 Å². The highest BCUT2D eigenvalue weighted by molar-refractivity contribution is 5.83. The quantitative estimate of drug-likeness (QED) is 0.284. The molecule has 0 heterocycles. The molecule has 5 nitrogen and oxygen atoms in total. The van der Waals surface area contributed by atoms with E-state index in [2.05, 4.69) is 13.8 Å². The van der Waals surface area contributed by atoms with Crippen molar-refractivity contribution in [2.24, 2.45) is 17.8 Å². The number of carbonyl (C=O) groups excluding carboxylic acids is 2. The molecule has 0 spiro atoms. The summed E-state index contributed by atoms with van der Waals surface area (Å²) in [4.78, 5) is 23.9. The number of aliphatic hydroxyl groups is 1. The monoisotopic (exact) mass is 398 g/mol. The Morgan fingerprint density at radius 1 is 1.07 bits per heavy atom. The fraction of sp³-hybridized carbons (Fsp3) is 0.913. The molecule has 164 valence electrons. The molecule has 1 aliphatic carbocycles. The van der Waals surface area contributed by atoms with Crippen molar-refractivity contribution in [3.8, 4) is 0 Å². The van der Waals surface area contributed by atoms with Crippen LogP contribution in [0.2, 0.25) is 0 Å². The molecule has 0 radical (unpaired) electrons. The Hall–Kier alpha value is -0.940. The first-order valence-electron chi connectivity index (χ1n) is 11.5. The molecule has 1 aliphatic rings. The topological polar surface area (TPSA) is 72.8 Å². The van der Waals surface area contributed by atoms with Crippen molar-refractivity contribution >= 4 is 11.8 Å². The number of aliphatic hydroxyl groups excluding tert-OH is 1. The summed E-state index contributed by atoms with van der Waals surface area (Å²) in [5.74, 6) is 1.48. The van der Waals surface area contributed by atoms with Crippen molar-refractivity contribution in [3.05, 3.63) is 0 Å². The number of carbonyl (C=O) groups is 2. The van der Waals surface area contributed by atoms with Gasteiger partial charge >= 0.3 is 5.97 Å². The van der Waals surface area contributed by atoms with Crippen molar-refractivity contribution in [2.45, 2.75) is 90.9 Å². The molecule has 3 atom stereocenters. The zero-order chi connectivity index (χ0) is 20.6. The van der Waals surface area contributed by atoms with Crippen LogP contribution in [0.3, 0.4) is 0 Å². The van der Waals surface area contributed by atoms with Gasteiger partial charge in [-0.3, -0.25) is 4.79 Å². The highest BCUT2D eigenvalue weighted by atomic mass is 16.6. The van der Waals surface area contributed by atoms with Crippen LogP contribution in [0.15, 0.2) is 0 Å². The maximum absolute atomic E-state index is 12.4. The average molecular weight is 399 g/mol. The first-order valence-corrected chi connectivity index (χ1v) is 11.5. The lowest BCUT2D eigenvalue weighted by atomic mass is 9.77. The van der Waals surface area contributed by atoms with E-state index in [4.69, 9.17) is 14.6 Å². The Morgan fingerprint density at radius 2 is 1.89 bits per heavy atom. The SMILES string of the molecule is CCCCOC(=O)COCCCC[C@@H]1C(=O)CC[C@H]1C(CCC)CCCCO. The number of Topliss-reactive ketones (excluding diaryl/α,β-unsaturated/α-hetero) is 1. The first kappa shape index (κ1) is 25.1. The standard InChI is InChI=1S/C23H42O5/c1-3-5-17-28-23(26)18-27-16-9-7-12-21-20(13-14-22(21)25)19(10-4-2)11-6-8-15-24/h19-21,24H,3-18H2,1-2H3/t19?,20-,21-/m0/s1. The Bertz CT molecular complexity index is 423. The maximum atomic E-state index is 12.4. The van der Waals surface area contributed by atoms with E-state index >= 15 is 0 Å². The lowest BCUT2D eigenvalue weighted by Crippen LogP contribution is -2.23. The van der Waals surface area contributed by atoms with Gasteiger partial charge in [0.1, 0.15) is 12.4 Å². The van der Waals surface area contributed by atoms with Crippen LogP contribution in [0.25, 0.3) is 0 Å². The third kappa shape index (κ3) is 10.0. The molecule has 0 saturated heterocycles. The van der Waals surface area contributed by atoms with E-state index in [1.807, 2.05) is 0 Å². The lowest BCUT2D eigenvalue weighted by molar-refractivity contribution is -0.149. The van der Waals surface area contributed by atoms with E-state index in [0.717, 1.165) is 70.6 Å². The molecular formula is C23H42O5. The summed E-state index contributed by atoms with van der Waals surface area (Å²) < 4.78 is 10.5. The minimum atomic E-state index is -0.287. The third-order valence-electron chi connectivity index (χ3n) is 5.94. The van der Waals surface area contributed by atoms with Gasteiger partial charge in [0.2, 0.25) is 0 Å². The van der Waals surface area contributed by atoms with Crippen molar-refractivity contribution in [2.75, 3.05) is 26.4 Å². The van der Waals surface area contributed by atoms with E-state index in [9.17, 15) is 9.59 Å². The summed E-state index contributed by atoms with van der Waals surface area (Å²) in [7, 11) is 0. The zero-order valence-electron chi connectivity index (χ0n) is 18.1. The highest BCUT2D eigenvalue weighted by Gasteiger charge is 2.38. The number of rotatable bonds is 17. The van der Waals surface area contributed by atoms with E-state index in [1.165, 1.54) is 6.42 Å². The van der Waals surface area contributed by atoms with Gasteiger partial charge in [0, 0.05) is 25.6 Å². The molecule has 0 aromatic carbocycles. The van der Waals surface area contributed by atoms with Gasteiger partial charge in [-0.25, -0.2) is 4.79 Å².